The van der Waals surface area contributed by atoms with Gasteiger partial charge in [-0.05, 0) is 42.3 Å². The molecule has 2 amide bonds. The van der Waals surface area contributed by atoms with Crippen molar-refractivity contribution in [3.63, 3.8) is 0 Å². The van der Waals surface area contributed by atoms with Crippen LogP contribution in [-0.2, 0) is 13.6 Å². The molecule has 2 heterocycles. The predicted molar refractivity (Wildman–Crippen MR) is 118 cm³/mol. The summed E-state index contributed by atoms with van der Waals surface area (Å²) in [5, 5.41) is 9.38. The highest BCUT2D eigenvalue weighted by Crippen LogP contribution is 2.23. The summed E-state index contributed by atoms with van der Waals surface area (Å²) < 4.78 is 28.2. The first-order valence-electron chi connectivity index (χ1n) is 9.72. The second-order valence-electron chi connectivity index (χ2n) is 7.24. The molecule has 11 heteroatoms. The molecule has 0 bridgehead atoms. The molecule has 0 fully saturated rings. The van der Waals surface area contributed by atoms with Gasteiger partial charge >= 0.3 is 0 Å². The standard InChI is InChI=1S/C22H17ClF2N6O2/c1-11-7-12(3-5-15(11)24)9-26-22(33)18-19-17(27-10-28-18)20(30-31(19)2)29-21(32)13-4-6-16(25)14(23)8-13/h3-8,10H,9H2,1-2H3,(H,26,33)(H,29,30,32). The Labute approximate surface area is 191 Å². The largest absolute Gasteiger partial charge is 0.347 e. The highest BCUT2D eigenvalue weighted by atomic mass is 35.5. The summed E-state index contributed by atoms with van der Waals surface area (Å²) in [6.45, 7) is 1.80. The van der Waals surface area contributed by atoms with Gasteiger partial charge in [-0.2, -0.15) is 5.10 Å². The molecule has 0 aliphatic rings. The Balaban J connectivity index is 1.58. The molecule has 0 radical (unpaired) electrons. The third-order valence-corrected chi connectivity index (χ3v) is 5.21. The predicted octanol–water partition coefficient (Wildman–Crippen LogP) is 3.79. The topological polar surface area (TPSA) is 102 Å². The quantitative estimate of drug-likeness (QED) is 0.462. The fourth-order valence-electron chi connectivity index (χ4n) is 3.26. The maximum atomic E-state index is 13.5. The number of halogens is 3. The van der Waals surface area contributed by atoms with Gasteiger partial charge < -0.3 is 10.6 Å². The molecule has 0 aliphatic heterocycles. The molecular formula is C22H17ClF2N6O2. The van der Waals surface area contributed by atoms with E-state index in [4.69, 9.17) is 11.6 Å². The van der Waals surface area contributed by atoms with Crippen molar-refractivity contribution in [2.24, 2.45) is 7.05 Å². The molecule has 2 aromatic carbocycles. The number of amides is 2. The summed E-state index contributed by atoms with van der Waals surface area (Å²) >= 11 is 5.75. The Morgan fingerprint density at radius 1 is 1.06 bits per heavy atom. The number of anilines is 1. The Hall–Kier alpha value is -3.92. The van der Waals surface area contributed by atoms with Gasteiger partial charge in [-0.25, -0.2) is 18.7 Å². The van der Waals surface area contributed by atoms with Crippen LogP contribution in [0.2, 0.25) is 5.02 Å². The Bertz CT molecular complexity index is 1410. The SMILES string of the molecule is Cc1cc(CNC(=O)c2ncnc3c(NC(=O)c4ccc(F)c(Cl)c4)nn(C)c23)ccc1F. The van der Waals surface area contributed by atoms with E-state index in [1.807, 2.05) is 0 Å². The normalized spacial score (nSPS) is 10.9. The zero-order chi connectivity index (χ0) is 23.7. The summed E-state index contributed by atoms with van der Waals surface area (Å²) in [5.74, 6) is -1.93. The van der Waals surface area contributed by atoms with E-state index in [1.54, 1.807) is 26.1 Å². The van der Waals surface area contributed by atoms with Crippen LogP contribution in [0, 0.1) is 18.6 Å². The smallest absolute Gasteiger partial charge is 0.272 e. The fourth-order valence-corrected chi connectivity index (χ4v) is 3.44. The van der Waals surface area contributed by atoms with Crippen LogP contribution in [0.5, 0.6) is 0 Å². The van der Waals surface area contributed by atoms with E-state index in [9.17, 15) is 18.4 Å². The van der Waals surface area contributed by atoms with Crippen molar-refractivity contribution in [3.05, 3.63) is 81.8 Å². The molecule has 0 aliphatic carbocycles. The van der Waals surface area contributed by atoms with Gasteiger partial charge in [0.2, 0.25) is 0 Å². The molecule has 2 N–H and O–H groups in total. The number of nitrogens with one attached hydrogen (secondary N) is 2. The first-order valence-corrected chi connectivity index (χ1v) is 10.1. The van der Waals surface area contributed by atoms with Crippen LogP contribution in [0.15, 0.2) is 42.7 Å². The maximum Gasteiger partial charge on any atom is 0.272 e. The number of fused-ring (bicyclic) bond motifs is 1. The van der Waals surface area contributed by atoms with Gasteiger partial charge in [-0.15, -0.1) is 0 Å². The van der Waals surface area contributed by atoms with E-state index in [1.165, 1.54) is 29.2 Å². The van der Waals surface area contributed by atoms with Crippen LogP contribution in [-0.4, -0.2) is 31.6 Å². The highest BCUT2D eigenvalue weighted by molar-refractivity contribution is 6.31. The molecule has 0 spiro atoms. The first kappa shape index (κ1) is 22.3. The van der Waals surface area contributed by atoms with Crippen LogP contribution >= 0.6 is 11.6 Å². The van der Waals surface area contributed by atoms with E-state index < -0.39 is 17.6 Å². The van der Waals surface area contributed by atoms with Crippen molar-refractivity contribution in [2.75, 3.05) is 5.32 Å². The summed E-state index contributed by atoms with van der Waals surface area (Å²) in [6, 6.07) is 8.13. The van der Waals surface area contributed by atoms with E-state index in [2.05, 4.69) is 25.7 Å². The Morgan fingerprint density at radius 2 is 1.82 bits per heavy atom. The third-order valence-electron chi connectivity index (χ3n) is 4.92. The Kier molecular flexibility index (Phi) is 6.01. The second kappa shape index (κ2) is 8.91. The molecule has 2 aromatic heterocycles. The summed E-state index contributed by atoms with van der Waals surface area (Å²) in [6.07, 6.45) is 1.19. The van der Waals surface area contributed by atoms with Crippen molar-refractivity contribution >= 4 is 40.3 Å². The first-order chi connectivity index (χ1) is 15.7. The number of rotatable bonds is 5. The van der Waals surface area contributed by atoms with Gasteiger partial charge in [0, 0.05) is 19.2 Å². The van der Waals surface area contributed by atoms with Gasteiger partial charge in [0.25, 0.3) is 11.8 Å². The summed E-state index contributed by atoms with van der Waals surface area (Å²) in [7, 11) is 1.58. The van der Waals surface area contributed by atoms with E-state index >= 15 is 0 Å². The zero-order valence-electron chi connectivity index (χ0n) is 17.5. The van der Waals surface area contributed by atoms with Gasteiger partial charge in [-0.3, -0.25) is 14.3 Å². The van der Waals surface area contributed by atoms with Crippen LogP contribution in [0.3, 0.4) is 0 Å². The molecule has 0 atom stereocenters. The van der Waals surface area contributed by atoms with Crippen LogP contribution < -0.4 is 10.6 Å². The van der Waals surface area contributed by atoms with Crippen molar-refractivity contribution in [1.29, 1.82) is 0 Å². The van der Waals surface area contributed by atoms with Gasteiger partial charge in [0.05, 0.1) is 5.02 Å². The lowest BCUT2D eigenvalue weighted by atomic mass is 10.1. The summed E-state index contributed by atoms with van der Waals surface area (Å²) in [5.41, 5.74) is 1.93. The lowest BCUT2D eigenvalue weighted by molar-refractivity contribution is 0.0946. The van der Waals surface area contributed by atoms with E-state index in [-0.39, 0.29) is 40.0 Å². The molecule has 4 aromatic rings. The van der Waals surface area contributed by atoms with E-state index in [0.717, 1.165) is 11.6 Å². The van der Waals surface area contributed by atoms with Crippen molar-refractivity contribution in [2.45, 2.75) is 13.5 Å². The number of hydrogen-bond donors (Lipinski definition) is 2. The number of aryl methyl sites for hydroxylation is 2. The molecular weight excluding hydrogens is 454 g/mol. The number of nitrogens with zero attached hydrogens (tertiary/aromatic N) is 4. The molecule has 0 saturated heterocycles. The van der Waals surface area contributed by atoms with E-state index in [0.29, 0.717) is 11.1 Å². The molecule has 4 rings (SSSR count). The van der Waals surface area contributed by atoms with Crippen molar-refractivity contribution in [1.82, 2.24) is 25.1 Å². The molecule has 0 unspecified atom stereocenters. The van der Waals surface area contributed by atoms with Gasteiger partial charge in [0.1, 0.15) is 29.0 Å². The van der Waals surface area contributed by atoms with Crippen LogP contribution in [0.4, 0.5) is 14.6 Å². The molecule has 8 nitrogen and oxygen atoms in total. The number of aromatic nitrogens is 4. The molecule has 0 saturated carbocycles. The highest BCUT2D eigenvalue weighted by Gasteiger charge is 2.21. The monoisotopic (exact) mass is 470 g/mol. The number of hydrogen-bond acceptors (Lipinski definition) is 5. The lowest BCUT2D eigenvalue weighted by Crippen LogP contribution is -2.24. The number of carbonyl (C=O) groups excluding carboxylic acids is 2. The average molecular weight is 471 g/mol. The fraction of sp³-hybridized carbons (Fsp3) is 0.136. The lowest BCUT2D eigenvalue weighted by Gasteiger charge is -2.07. The maximum absolute atomic E-state index is 13.5. The van der Waals surface area contributed by atoms with Gasteiger partial charge in [-0.1, -0.05) is 23.7 Å². The van der Waals surface area contributed by atoms with Crippen LogP contribution in [0.1, 0.15) is 32.0 Å². The van der Waals surface area contributed by atoms with Crippen molar-refractivity contribution < 1.29 is 18.4 Å². The minimum atomic E-state index is -0.643. The average Bonchev–Trinajstić information content (AvgIpc) is 3.11. The second-order valence-corrected chi connectivity index (χ2v) is 7.65. The minimum absolute atomic E-state index is 0.0548. The molecule has 168 valence electrons. The number of carbonyl (C=O) groups is 2. The van der Waals surface area contributed by atoms with Crippen molar-refractivity contribution in [3.8, 4) is 0 Å². The zero-order valence-corrected chi connectivity index (χ0v) is 18.2. The van der Waals surface area contributed by atoms with Crippen LogP contribution in [0.25, 0.3) is 11.0 Å². The third kappa shape index (κ3) is 4.51. The summed E-state index contributed by atoms with van der Waals surface area (Å²) in [4.78, 5) is 33.6. The minimum Gasteiger partial charge on any atom is -0.347 e. The number of benzene rings is 2. The van der Waals surface area contributed by atoms with Gasteiger partial charge in [0.15, 0.2) is 11.5 Å². The Morgan fingerprint density at radius 3 is 2.55 bits per heavy atom. The molecule has 33 heavy (non-hydrogen) atoms.